The van der Waals surface area contributed by atoms with Crippen molar-refractivity contribution in [2.75, 3.05) is 20.8 Å². The molecule has 152 valence electrons. The molecule has 1 N–H and O–H groups in total. The molecule has 2 aromatic carbocycles. The summed E-state index contributed by atoms with van der Waals surface area (Å²) in [6, 6.07) is 12.1. The molecule has 0 aliphatic rings. The molecule has 0 saturated heterocycles. The molecule has 0 radical (unpaired) electrons. The van der Waals surface area contributed by atoms with Gasteiger partial charge in [-0.15, -0.1) is 10.2 Å². The molecule has 0 aliphatic carbocycles. The van der Waals surface area contributed by atoms with Gasteiger partial charge in [-0.05, 0) is 42.5 Å². The summed E-state index contributed by atoms with van der Waals surface area (Å²) < 4.78 is 16.1. The summed E-state index contributed by atoms with van der Waals surface area (Å²) >= 11 is 0. The van der Waals surface area contributed by atoms with Crippen molar-refractivity contribution in [3.63, 3.8) is 0 Å². The number of ether oxygens (including phenoxy) is 3. The molecule has 29 heavy (non-hydrogen) atoms. The van der Waals surface area contributed by atoms with Gasteiger partial charge in [0.2, 0.25) is 5.82 Å². The maximum Gasteiger partial charge on any atom is 0.205 e. The van der Waals surface area contributed by atoms with Gasteiger partial charge in [0.1, 0.15) is 18.5 Å². The Hall–Kier alpha value is -3.46. The molecule has 1 aromatic heterocycles. The van der Waals surface area contributed by atoms with Crippen molar-refractivity contribution in [3.8, 4) is 28.6 Å². The number of aliphatic hydroxyl groups excluding tert-OH is 1. The lowest BCUT2D eigenvalue weighted by Gasteiger charge is -2.12. The number of nitrogens with zero attached hydrogens (tertiary/aromatic N) is 4. The van der Waals surface area contributed by atoms with E-state index in [0.717, 1.165) is 0 Å². The van der Waals surface area contributed by atoms with Crippen LogP contribution in [0.3, 0.4) is 0 Å². The minimum Gasteiger partial charge on any atom is -0.493 e. The number of benzene rings is 2. The summed E-state index contributed by atoms with van der Waals surface area (Å²) in [7, 11) is 3.11. The van der Waals surface area contributed by atoms with E-state index in [-0.39, 0.29) is 18.9 Å². The number of Topliss-reactive ketones (excluding diaryl/α,β-unsaturated/α-hetero) is 1. The quantitative estimate of drug-likeness (QED) is 0.545. The van der Waals surface area contributed by atoms with Crippen molar-refractivity contribution in [2.45, 2.75) is 19.6 Å². The van der Waals surface area contributed by atoms with Crippen molar-refractivity contribution >= 4 is 5.78 Å². The van der Waals surface area contributed by atoms with Crippen LogP contribution in [0.15, 0.2) is 42.5 Å². The molecule has 0 spiro atoms. The molecule has 0 aliphatic heterocycles. The van der Waals surface area contributed by atoms with Gasteiger partial charge in [0.25, 0.3) is 0 Å². The molecule has 0 saturated carbocycles. The van der Waals surface area contributed by atoms with Crippen LogP contribution in [0, 0.1) is 0 Å². The Morgan fingerprint density at radius 3 is 2.66 bits per heavy atom. The second-order valence-corrected chi connectivity index (χ2v) is 6.29. The largest absolute Gasteiger partial charge is 0.493 e. The fourth-order valence-electron chi connectivity index (χ4n) is 2.65. The van der Waals surface area contributed by atoms with Gasteiger partial charge in [-0.1, -0.05) is 12.1 Å². The van der Waals surface area contributed by atoms with E-state index >= 15 is 0 Å². The zero-order valence-electron chi connectivity index (χ0n) is 16.4. The third-order valence-electron chi connectivity index (χ3n) is 4.15. The molecule has 0 fully saturated rings. The van der Waals surface area contributed by atoms with Crippen LogP contribution in [0.1, 0.15) is 17.3 Å². The molecule has 9 nitrogen and oxygen atoms in total. The van der Waals surface area contributed by atoms with Crippen molar-refractivity contribution in [2.24, 2.45) is 0 Å². The predicted molar refractivity (Wildman–Crippen MR) is 104 cm³/mol. The Kier molecular flexibility index (Phi) is 6.40. The van der Waals surface area contributed by atoms with E-state index in [1.54, 1.807) is 56.7 Å². The third-order valence-corrected chi connectivity index (χ3v) is 4.15. The van der Waals surface area contributed by atoms with Crippen LogP contribution in [0.25, 0.3) is 11.4 Å². The number of hydrogen-bond donors (Lipinski definition) is 1. The topological polar surface area (TPSA) is 109 Å². The fraction of sp³-hybridized carbons (Fsp3) is 0.300. The molecule has 1 atom stereocenters. The van der Waals surface area contributed by atoms with E-state index in [9.17, 15) is 9.90 Å². The standard InChI is InChI=1S/C20H22N4O5/c1-13(25)14-5-4-6-17(9-14)29-12-16(26)11-24-22-20(21-23-24)15-7-8-18(27-2)19(10-15)28-3/h4-10,16,26H,11-12H2,1-3H3. The van der Waals surface area contributed by atoms with Crippen LogP contribution in [0.5, 0.6) is 17.2 Å². The van der Waals surface area contributed by atoms with Gasteiger partial charge in [0.15, 0.2) is 17.3 Å². The molecule has 1 heterocycles. The number of aliphatic hydroxyl groups is 1. The highest BCUT2D eigenvalue weighted by molar-refractivity contribution is 5.94. The van der Waals surface area contributed by atoms with E-state index in [0.29, 0.717) is 34.2 Å². The van der Waals surface area contributed by atoms with E-state index in [4.69, 9.17) is 14.2 Å². The van der Waals surface area contributed by atoms with Crippen LogP contribution >= 0.6 is 0 Å². The molecule has 0 amide bonds. The number of rotatable bonds is 9. The summed E-state index contributed by atoms with van der Waals surface area (Å²) in [5.74, 6) is 2.01. The first kappa shape index (κ1) is 20.3. The van der Waals surface area contributed by atoms with Gasteiger partial charge in [0.05, 0.1) is 20.8 Å². The molecule has 9 heteroatoms. The van der Waals surface area contributed by atoms with E-state index in [1.807, 2.05) is 0 Å². The number of carbonyl (C=O) groups is 1. The highest BCUT2D eigenvalue weighted by Gasteiger charge is 2.13. The molecule has 3 rings (SSSR count). The summed E-state index contributed by atoms with van der Waals surface area (Å²) in [6.07, 6.45) is -0.858. The van der Waals surface area contributed by atoms with Crippen molar-refractivity contribution < 1.29 is 24.1 Å². The van der Waals surface area contributed by atoms with E-state index in [2.05, 4.69) is 15.4 Å². The Morgan fingerprint density at radius 2 is 1.93 bits per heavy atom. The lowest BCUT2D eigenvalue weighted by atomic mass is 10.1. The summed E-state index contributed by atoms with van der Waals surface area (Å²) in [4.78, 5) is 12.7. The summed E-state index contributed by atoms with van der Waals surface area (Å²) in [5.41, 5.74) is 1.26. The van der Waals surface area contributed by atoms with Gasteiger partial charge < -0.3 is 19.3 Å². The van der Waals surface area contributed by atoms with Gasteiger partial charge in [-0.3, -0.25) is 4.79 Å². The minimum atomic E-state index is -0.858. The van der Waals surface area contributed by atoms with Crippen LogP contribution in [-0.2, 0) is 6.54 Å². The first-order valence-corrected chi connectivity index (χ1v) is 8.92. The minimum absolute atomic E-state index is 0.0224. The van der Waals surface area contributed by atoms with Gasteiger partial charge >= 0.3 is 0 Å². The number of carbonyl (C=O) groups excluding carboxylic acids is 1. The maximum absolute atomic E-state index is 11.4. The molecular formula is C20H22N4O5. The Morgan fingerprint density at radius 1 is 1.14 bits per heavy atom. The Labute approximate surface area is 167 Å². The maximum atomic E-state index is 11.4. The number of tetrazole rings is 1. The van der Waals surface area contributed by atoms with Crippen molar-refractivity contribution in [1.82, 2.24) is 20.2 Å². The number of aromatic nitrogens is 4. The highest BCUT2D eigenvalue weighted by atomic mass is 16.5. The average molecular weight is 398 g/mol. The third kappa shape index (κ3) is 5.08. The molecular weight excluding hydrogens is 376 g/mol. The van der Waals surface area contributed by atoms with Crippen LogP contribution in [-0.4, -0.2) is 58.0 Å². The molecule has 3 aromatic rings. The summed E-state index contributed by atoms with van der Waals surface area (Å²) in [5, 5.41) is 22.5. The lowest BCUT2D eigenvalue weighted by Crippen LogP contribution is -2.25. The Bertz CT molecular complexity index is 989. The van der Waals surface area contributed by atoms with Crippen molar-refractivity contribution in [3.05, 3.63) is 48.0 Å². The van der Waals surface area contributed by atoms with Crippen molar-refractivity contribution in [1.29, 1.82) is 0 Å². The lowest BCUT2D eigenvalue weighted by molar-refractivity contribution is 0.0849. The number of hydrogen-bond acceptors (Lipinski definition) is 8. The monoisotopic (exact) mass is 398 g/mol. The van der Waals surface area contributed by atoms with E-state index < -0.39 is 6.10 Å². The van der Waals surface area contributed by atoms with Crippen LogP contribution in [0.2, 0.25) is 0 Å². The number of ketones is 1. The predicted octanol–water partition coefficient (Wildman–Crippen LogP) is 2.00. The second-order valence-electron chi connectivity index (χ2n) is 6.29. The molecule has 0 bridgehead atoms. The van der Waals surface area contributed by atoms with Crippen LogP contribution < -0.4 is 14.2 Å². The second kappa shape index (κ2) is 9.16. The zero-order chi connectivity index (χ0) is 20.8. The number of methoxy groups -OCH3 is 2. The first-order valence-electron chi connectivity index (χ1n) is 8.92. The van der Waals surface area contributed by atoms with Gasteiger partial charge in [-0.25, -0.2) is 0 Å². The average Bonchev–Trinajstić information content (AvgIpc) is 3.20. The van der Waals surface area contributed by atoms with Gasteiger partial charge in [-0.2, -0.15) is 4.80 Å². The van der Waals surface area contributed by atoms with Crippen LogP contribution in [0.4, 0.5) is 0 Å². The fourth-order valence-corrected chi connectivity index (χ4v) is 2.65. The SMILES string of the molecule is COc1ccc(-c2nnn(CC(O)COc3cccc(C(C)=O)c3)n2)cc1OC. The van der Waals surface area contributed by atoms with Gasteiger partial charge in [0, 0.05) is 11.1 Å². The normalized spacial score (nSPS) is 11.7. The first-order chi connectivity index (χ1) is 14.0. The smallest absolute Gasteiger partial charge is 0.205 e. The highest BCUT2D eigenvalue weighted by Crippen LogP contribution is 2.30. The summed E-state index contributed by atoms with van der Waals surface area (Å²) in [6.45, 7) is 1.61. The zero-order valence-corrected chi connectivity index (χ0v) is 16.4. The Balaban J connectivity index is 1.61. The molecule has 1 unspecified atom stereocenters. The van der Waals surface area contributed by atoms with E-state index in [1.165, 1.54) is 11.7 Å².